The zero-order chi connectivity index (χ0) is 25.6. The average molecular weight is 493 g/mol. The van der Waals surface area contributed by atoms with Crippen LogP contribution in [0.15, 0.2) is 36.1 Å². The first-order chi connectivity index (χ1) is 16.6. The molecule has 0 spiro atoms. The number of ether oxygens (including phenoxy) is 2. The number of amides is 1. The Balaban J connectivity index is 1.90. The van der Waals surface area contributed by atoms with Gasteiger partial charge in [-0.3, -0.25) is 4.79 Å². The number of hydrogen-bond donors (Lipinski definition) is 2. The lowest BCUT2D eigenvalue weighted by atomic mass is 9.88. The second kappa shape index (κ2) is 11.4. The van der Waals surface area contributed by atoms with Gasteiger partial charge in [-0.1, -0.05) is 12.2 Å². The van der Waals surface area contributed by atoms with E-state index in [9.17, 15) is 18.0 Å². The topological polar surface area (TPSA) is 79.5 Å². The number of aromatic amines is 1. The molecule has 190 valence electrons. The second-order valence-electron chi connectivity index (χ2n) is 8.46. The van der Waals surface area contributed by atoms with E-state index in [1.165, 1.54) is 19.8 Å². The molecule has 1 aromatic heterocycles. The van der Waals surface area contributed by atoms with Crippen molar-refractivity contribution in [3.63, 3.8) is 0 Å². The Hall–Kier alpha value is -3.27. The third-order valence-electron chi connectivity index (χ3n) is 5.94. The third-order valence-corrected chi connectivity index (χ3v) is 5.94. The Labute approximate surface area is 203 Å². The minimum absolute atomic E-state index is 0.0895. The number of imidazole rings is 1. The van der Waals surface area contributed by atoms with E-state index in [1.807, 2.05) is 24.4 Å². The van der Waals surface area contributed by atoms with Crippen molar-refractivity contribution < 1.29 is 27.4 Å². The van der Waals surface area contributed by atoms with Crippen molar-refractivity contribution in [2.24, 2.45) is 5.92 Å². The summed E-state index contributed by atoms with van der Waals surface area (Å²) in [4.78, 5) is 22.5. The summed E-state index contributed by atoms with van der Waals surface area (Å²) in [7, 11) is 4.80. The lowest BCUT2D eigenvalue weighted by Gasteiger charge is -2.29. The molecule has 1 aliphatic heterocycles. The fourth-order valence-corrected chi connectivity index (χ4v) is 4.11. The molecule has 0 atom stereocenters. The molecule has 0 saturated carbocycles. The van der Waals surface area contributed by atoms with Crippen LogP contribution >= 0.6 is 0 Å². The predicted molar refractivity (Wildman–Crippen MR) is 129 cm³/mol. The fraction of sp³-hybridized carbons (Fsp3) is 0.440. The molecule has 0 radical (unpaired) electrons. The van der Waals surface area contributed by atoms with Crippen LogP contribution in [0.3, 0.4) is 0 Å². The van der Waals surface area contributed by atoms with Gasteiger partial charge in [0.25, 0.3) is 5.91 Å². The molecule has 0 unspecified atom stereocenters. The summed E-state index contributed by atoms with van der Waals surface area (Å²) in [6.07, 6.45) is 5.44. The van der Waals surface area contributed by atoms with Gasteiger partial charge in [0.1, 0.15) is 29.4 Å². The van der Waals surface area contributed by atoms with Crippen molar-refractivity contribution in [2.45, 2.75) is 25.9 Å². The van der Waals surface area contributed by atoms with Crippen LogP contribution in [-0.4, -0.2) is 67.9 Å². The number of piperidine rings is 1. The number of aromatic nitrogens is 2. The van der Waals surface area contributed by atoms with Crippen LogP contribution in [0.1, 0.15) is 35.9 Å². The summed E-state index contributed by atoms with van der Waals surface area (Å²) >= 11 is 0. The predicted octanol–water partition coefficient (Wildman–Crippen LogP) is 4.69. The largest absolute Gasteiger partial charge is 0.496 e. The maximum Gasteiger partial charge on any atom is 0.405 e. The van der Waals surface area contributed by atoms with E-state index in [0.717, 1.165) is 25.9 Å². The summed E-state index contributed by atoms with van der Waals surface area (Å²) in [5.41, 5.74) is 2.36. The van der Waals surface area contributed by atoms with Crippen molar-refractivity contribution in [3.05, 3.63) is 47.4 Å². The van der Waals surface area contributed by atoms with Crippen LogP contribution in [0, 0.1) is 5.92 Å². The molecule has 1 fully saturated rings. The summed E-state index contributed by atoms with van der Waals surface area (Å²) in [5, 5.41) is 1.86. The third kappa shape index (κ3) is 6.88. The zero-order valence-electron chi connectivity index (χ0n) is 20.3. The van der Waals surface area contributed by atoms with Crippen LogP contribution in [-0.2, 0) is 0 Å². The van der Waals surface area contributed by atoms with E-state index >= 15 is 0 Å². The quantitative estimate of drug-likeness (QED) is 0.523. The van der Waals surface area contributed by atoms with E-state index in [2.05, 4.69) is 28.0 Å². The Kier molecular flexibility index (Phi) is 8.61. The van der Waals surface area contributed by atoms with Crippen LogP contribution in [0.5, 0.6) is 11.5 Å². The molecule has 3 rings (SSSR count). The number of allylic oxidation sites excluding steroid dienone is 3. The van der Waals surface area contributed by atoms with E-state index in [-0.39, 0.29) is 17.1 Å². The second-order valence-corrected chi connectivity index (χ2v) is 8.46. The smallest absolute Gasteiger partial charge is 0.405 e. The molecule has 0 bridgehead atoms. The van der Waals surface area contributed by atoms with Crippen molar-refractivity contribution in [1.82, 2.24) is 20.2 Å². The van der Waals surface area contributed by atoms with Crippen molar-refractivity contribution in [3.8, 4) is 22.8 Å². The molecule has 2 heterocycles. The fourth-order valence-electron chi connectivity index (χ4n) is 4.11. The molecule has 1 aromatic carbocycles. The van der Waals surface area contributed by atoms with Crippen molar-refractivity contribution >= 4 is 12.0 Å². The van der Waals surface area contributed by atoms with E-state index in [0.29, 0.717) is 23.0 Å². The van der Waals surface area contributed by atoms with Gasteiger partial charge in [-0.2, -0.15) is 13.2 Å². The van der Waals surface area contributed by atoms with Gasteiger partial charge in [-0.05, 0) is 69.6 Å². The van der Waals surface area contributed by atoms with Crippen LogP contribution in [0.2, 0.25) is 0 Å². The number of likely N-dealkylation sites (tertiary alicyclic amines) is 1. The number of nitrogens with zero attached hydrogens (tertiary/aromatic N) is 2. The molecular weight excluding hydrogens is 461 g/mol. The standard InChI is InChI=1S/C25H31F3N4O3/c1-5-6-17(16-7-9-32(2)10-8-16)13-22-29-14-19(31-22)18-11-20(34-3)23(21(12-18)35-4)24(33)30-15-25(26,27)28/h5-6,11-14,16H,7-10,15H2,1-4H3,(H,29,31)(H,30,33)/b6-5-,17-13+. The highest BCUT2D eigenvalue weighted by Gasteiger charge is 2.30. The highest BCUT2D eigenvalue weighted by molar-refractivity contribution is 6.00. The minimum atomic E-state index is -4.53. The first kappa shape index (κ1) is 26.3. The number of carbonyl (C=O) groups excluding carboxylic acids is 1. The molecule has 10 heteroatoms. The van der Waals surface area contributed by atoms with Gasteiger partial charge in [-0.15, -0.1) is 0 Å². The lowest BCUT2D eigenvalue weighted by Crippen LogP contribution is -2.34. The molecule has 1 aliphatic rings. The van der Waals surface area contributed by atoms with E-state index < -0.39 is 18.6 Å². The number of rotatable bonds is 8. The maximum atomic E-state index is 12.6. The summed E-state index contributed by atoms with van der Waals surface area (Å²) in [6, 6.07) is 3.13. The van der Waals surface area contributed by atoms with Crippen molar-refractivity contribution in [2.75, 3.05) is 40.9 Å². The van der Waals surface area contributed by atoms with E-state index in [4.69, 9.17) is 9.47 Å². The van der Waals surface area contributed by atoms with Gasteiger partial charge in [-0.25, -0.2) is 4.98 Å². The summed E-state index contributed by atoms with van der Waals surface area (Å²) < 4.78 is 48.3. The molecule has 7 nitrogen and oxygen atoms in total. The highest BCUT2D eigenvalue weighted by atomic mass is 19.4. The van der Waals surface area contributed by atoms with Gasteiger partial charge >= 0.3 is 6.18 Å². The SMILES string of the molecule is C/C=C\C(=C/c1ncc(-c2cc(OC)c(C(=O)NCC(F)(F)F)c(OC)c2)[nH]1)C1CCN(C)CC1. The number of hydrogen-bond acceptors (Lipinski definition) is 5. The lowest BCUT2D eigenvalue weighted by molar-refractivity contribution is -0.123. The molecule has 0 aliphatic carbocycles. The molecule has 1 saturated heterocycles. The van der Waals surface area contributed by atoms with Crippen LogP contribution in [0.4, 0.5) is 13.2 Å². The first-order valence-electron chi connectivity index (χ1n) is 11.3. The zero-order valence-corrected chi connectivity index (χ0v) is 20.3. The molecule has 1 amide bonds. The minimum Gasteiger partial charge on any atom is -0.496 e. The molecule has 2 N–H and O–H groups in total. The van der Waals surface area contributed by atoms with Gasteiger partial charge < -0.3 is 24.7 Å². The highest BCUT2D eigenvalue weighted by Crippen LogP contribution is 2.35. The van der Waals surface area contributed by atoms with Gasteiger partial charge in [0, 0.05) is 5.56 Å². The first-order valence-corrected chi connectivity index (χ1v) is 11.3. The summed E-state index contributed by atoms with van der Waals surface area (Å²) in [6.45, 7) is 2.63. The number of methoxy groups -OCH3 is 2. The van der Waals surface area contributed by atoms with Gasteiger partial charge in [0.2, 0.25) is 0 Å². The van der Waals surface area contributed by atoms with Gasteiger partial charge in [0.15, 0.2) is 0 Å². The normalized spacial score (nSPS) is 16.0. The number of H-pyrrole nitrogens is 1. The molecule has 35 heavy (non-hydrogen) atoms. The van der Waals surface area contributed by atoms with Crippen LogP contribution < -0.4 is 14.8 Å². The molecular formula is C25H31F3N4O3. The monoisotopic (exact) mass is 492 g/mol. The Morgan fingerprint density at radius 2 is 1.86 bits per heavy atom. The average Bonchev–Trinajstić information content (AvgIpc) is 3.30. The Morgan fingerprint density at radius 1 is 1.23 bits per heavy atom. The van der Waals surface area contributed by atoms with E-state index in [1.54, 1.807) is 18.3 Å². The maximum absolute atomic E-state index is 12.6. The number of carbonyl (C=O) groups is 1. The number of halogens is 3. The Morgan fingerprint density at radius 3 is 2.40 bits per heavy atom. The number of benzene rings is 1. The van der Waals surface area contributed by atoms with Gasteiger partial charge in [0.05, 0.1) is 26.1 Å². The number of alkyl halides is 3. The Bertz CT molecular complexity index is 1060. The van der Waals surface area contributed by atoms with Crippen LogP contribution in [0.25, 0.3) is 17.3 Å². The van der Waals surface area contributed by atoms with Crippen molar-refractivity contribution in [1.29, 1.82) is 0 Å². The number of nitrogens with one attached hydrogen (secondary N) is 2. The summed E-state index contributed by atoms with van der Waals surface area (Å²) in [5.74, 6) is 0.366. The molecule has 2 aromatic rings.